The van der Waals surface area contributed by atoms with E-state index in [9.17, 15) is 35.4 Å². The Hall–Kier alpha value is -1.41. The van der Waals surface area contributed by atoms with Crippen LogP contribution in [0, 0.1) is 17.3 Å². The van der Waals surface area contributed by atoms with E-state index in [0.29, 0.717) is 44.9 Å². The lowest BCUT2D eigenvalue weighted by Crippen LogP contribution is -2.75. The number of rotatable bonds is 4. The molecule has 40 heavy (non-hydrogen) atoms. The van der Waals surface area contributed by atoms with Crippen molar-refractivity contribution < 1.29 is 49.3 Å². The Labute approximate surface area is 231 Å². The minimum absolute atomic E-state index is 0.0111. The molecular weight excluding hydrogens is 524 g/mol. The molecule has 3 heterocycles. The molecule has 14 atom stereocenters. The highest BCUT2D eigenvalue weighted by Gasteiger charge is 2.77. The molecule has 7 rings (SSSR count). The van der Waals surface area contributed by atoms with Gasteiger partial charge < -0.3 is 49.3 Å². The molecule has 0 aromatic carbocycles. The summed E-state index contributed by atoms with van der Waals surface area (Å²) in [5.41, 5.74) is -3.66. The highest BCUT2D eigenvalue weighted by molar-refractivity contribution is 5.30. The lowest BCUT2D eigenvalue weighted by molar-refractivity contribution is -0.372. The first-order valence-corrected chi connectivity index (χ1v) is 14.7. The Morgan fingerprint density at radius 1 is 0.900 bits per heavy atom. The molecule has 0 radical (unpaired) electrons. The fourth-order valence-corrected chi connectivity index (χ4v) is 9.79. The number of hydrogen-bond donors (Lipinski definition) is 6. The van der Waals surface area contributed by atoms with E-state index in [1.807, 2.05) is 0 Å². The summed E-state index contributed by atoms with van der Waals surface area (Å²) in [4.78, 5) is 11.6. The van der Waals surface area contributed by atoms with Crippen LogP contribution in [0.3, 0.4) is 0 Å². The maximum atomic E-state index is 12.7. The van der Waals surface area contributed by atoms with Gasteiger partial charge in [0, 0.05) is 11.5 Å². The molecule has 2 saturated heterocycles. The molecular formula is C29H40O11. The number of fused-ring (bicyclic) bond motifs is 7. The maximum absolute atomic E-state index is 12.7. The molecule has 6 aliphatic rings. The van der Waals surface area contributed by atoms with Gasteiger partial charge in [-0.1, -0.05) is 6.92 Å². The van der Waals surface area contributed by atoms with Gasteiger partial charge in [-0.15, -0.1) is 0 Å². The molecule has 6 fully saturated rings. The number of ether oxygens (including phenoxy) is 3. The first-order chi connectivity index (χ1) is 19.0. The van der Waals surface area contributed by atoms with E-state index in [1.165, 1.54) is 12.3 Å². The van der Waals surface area contributed by atoms with E-state index in [2.05, 4.69) is 6.92 Å². The van der Waals surface area contributed by atoms with Crippen LogP contribution in [-0.4, -0.2) is 97.0 Å². The highest BCUT2D eigenvalue weighted by atomic mass is 16.7. The normalized spacial score (nSPS) is 55.1. The number of aliphatic hydroxyl groups excluding tert-OH is 4. The molecule has 1 aromatic rings. The minimum Gasteiger partial charge on any atom is -0.431 e. The third-order valence-corrected chi connectivity index (χ3v) is 12.0. The van der Waals surface area contributed by atoms with Crippen molar-refractivity contribution in [2.24, 2.45) is 17.3 Å². The monoisotopic (exact) mass is 564 g/mol. The van der Waals surface area contributed by atoms with Gasteiger partial charge in [-0.05, 0) is 80.8 Å². The molecule has 2 aliphatic heterocycles. The average Bonchev–Trinajstić information content (AvgIpc) is 3.68. The maximum Gasteiger partial charge on any atom is 0.335 e. The van der Waals surface area contributed by atoms with Crippen LogP contribution < -0.4 is 5.63 Å². The van der Waals surface area contributed by atoms with Crippen molar-refractivity contribution in [3.05, 3.63) is 34.4 Å². The predicted molar refractivity (Wildman–Crippen MR) is 136 cm³/mol. The standard InChI is InChI=1S/C29H40O11/c1-26-8-4-17-16(27(26,35)9-5-15(26)14-2-3-20(31)37-13-14)6-11-29(24-18(38-24)7-10-28(17,29)36)40-25-23(34)22(33)21(32)19(12-30)39-25/h2-3,13,15-19,21-25,30,32-36H,4-12H2,1H3/t15-,16+,17-,18-,19+,21+,22-,23+,24-,25-,26-,27+,28-,29+/m0/s1. The Bertz CT molecular complexity index is 1180. The second-order valence-corrected chi connectivity index (χ2v) is 13.4. The summed E-state index contributed by atoms with van der Waals surface area (Å²) in [6, 6.07) is 3.21. The van der Waals surface area contributed by atoms with Gasteiger partial charge in [-0.25, -0.2) is 4.79 Å². The van der Waals surface area contributed by atoms with Crippen LogP contribution >= 0.6 is 0 Å². The minimum atomic E-state index is -1.59. The zero-order chi connectivity index (χ0) is 28.2. The first-order valence-electron chi connectivity index (χ1n) is 14.7. The van der Waals surface area contributed by atoms with Gasteiger partial charge in [-0.2, -0.15) is 0 Å². The van der Waals surface area contributed by atoms with Gasteiger partial charge in [-0.3, -0.25) is 0 Å². The summed E-state index contributed by atoms with van der Waals surface area (Å²) < 4.78 is 23.4. The van der Waals surface area contributed by atoms with Crippen LogP contribution in [0.5, 0.6) is 0 Å². The van der Waals surface area contributed by atoms with Gasteiger partial charge in [0.05, 0.1) is 30.2 Å². The summed E-state index contributed by atoms with van der Waals surface area (Å²) in [5.74, 6) is -0.502. The summed E-state index contributed by atoms with van der Waals surface area (Å²) in [7, 11) is 0. The van der Waals surface area contributed by atoms with Crippen molar-refractivity contribution in [3.63, 3.8) is 0 Å². The fourth-order valence-electron chi connectivity index (χ4n) is 9.79. The highest BCUT2D eigenvalue weighted by Crippen LogP contribution is 2.71. The van der Waals surface area contributed by atoms with Crippen molar-refractivity contribution >= 4 is 0 Å². The van der Waals surface area contributed by atoms with Crippen LogP contribution in [0.4, 0.5) is 0 Å². The van der Waals surface area contributed by atoms with Crippen LogP contribution in [-0.2, 0) is 14.2 Å². The molecule has 4 aliphatic carbocycles. The summed E-state index contributed by atoms with van der Waals surface area (Å²) in [5, 5.41) is 66.3. The smallest absolute Gasteiger partial charge is 0.335 e. The van der Waals surface area contributed by atoms with Gasteiger partial charge >= 0.3 is 5.63 Å². The van der Waals surface area contributed by atoms with Crippen molar-refractivity contribution in [2.45, 2.75) is 124 Å². The van der Waals surface area contributed by atoms with E-state index < -0.39 is 71.3 Å². The Morgan fingerprint density at radius 2 is 1.62 bits per heavy atom. The summed E-state index contributed by atoms with van der Waals surface area (Å²) in [6.45, 7) is 1.54. The molecule has 6 N–H and O–H groups in total. The molecule has 0 amide bonds. The summed E-state index contributed by atoms with van der Waals surface area (Å²) in [6.07, 6.45) is -1.67. The zero-order valence-electron chi connectivity index (χ0n) is 22.6. The van der Waals surface area contributed by atoms with Crippen LogP contribution in [0.2, 0.25) is 0 Å². The quantitative estimate of drug-likeness (QED) is 0.213. The van der Waals surface area contributed by atoms with Gasteiger partial charge in [0.2, 0.25) is 0 Å². The molecule has 0 bridgehead atoms. The van der Waals surface area contributed by atoms with E-state index in [-0.39, 0.29) is 23.9 Å². The number of hydrogen-bond acceptors (Lipinski definition) is 11. The van der Waals surface area contributed by atoms with E-state index in [0.717, 1.165) is 12.0 Å². The average molecular weight is 565 g/mol. The topological polar surface area (TPSA) is 183 Å². The Kier molecular flexibility index (Phi) is 6.20. The van der Waals surface area contributed by atoms with Gasteiger partial charge in [0.15, 0.2) is 6.29 Å². The van der Waals surface area contributed by atoms with Gasteiger partial charge in [0.1, 0.15) is 36.1 Å². The van der Waals surface area contributed by atoms with E-state index in [4.69, 9.17) is 18.6 Å². The SMILES string of the molecule is C[C@@]12CC[C@H]3[C@@H](CC[C@@]4(O[C@@H]5O[C@H](CO)[C@@H](O)[C@H](O)[C@H]5O)[C@H]5O[C@H]5CC[C@]34O)[C@]1(O)CC[C@H]2c1ccc(=O)oc1. The number of aliphatic hydroxyl groups is 6. The third-order valence-electron chi connectivity index (χ3n) is 12.0. The first kappa shape index (κ1) is 27.4. The second-order valence-electron chi connectivity index (χ2n) is 13.4. The molecule has 11 heteroatoms. The molecule has 11 nitrogen and oxygen atoms in total. The molecule has 222 valence electrons. The van der Waals surface area contributed by atoms with Crippen LogP contribution in [0.15, 0.2) is 27.6 Å². The second kappa shape index (κ2) is 9.05. The molecule has 0 unspecified atom stereocenters. The Morgan fingerprint density at radius 3 is 2.35 bits per heavy atom. The van der Waals surface area contributed by atoms with Gasteiger partial charge in [0.25, 0.3) is 0 Å². The summed E-state index contributed by atoms with van der Waals surface area (Å²) >= 11 is 0. The lowest BCUT2D eigenvalue weighted by Gasteiger charge is -2.65. The Balaban J connectivity index is 1.21. The fraction of sp³-hybridized carbons (Fsp3) is 0.828. The van der Waals surface area contributed by atoms with Crippen LogP contribution in [0.1, 0.15) is 69.8 Å². The van der Waals surface area contributed by atoms with Crippen molar-refractivity contribution in [2.75, 3.05) is 6.61 Å². The largest absolute Gasteiger partial charge is 0.431 e. The van der Waals surface area contributed by atoms with Crippen molar-refractivity contribution in [1.82, 2.24) is 0 Å². The number of epoxide rings is 1. The van der Waals surface area contributed by atoms with Crippen LogP contribution in [0.25, 0.3) is 0 Å². The van der Waals surface area contributed by atoms with Crippen molar-refractivity contribution in [3.8, 4) is 0 Å². The van der Waals surface area contributed by atoms with E-state index >= 15 is 0 Å². The van der Waals surface area contributed by atoms with Crippen molar-refractivity contribution in [1.29, 1.82) is 0 Å². The molecule has 4 saturated carbocycles. The lowest BCUT2D eigenvalue weighted by atomic mass is 9.45. The third kappa shape index (κ3) is 3.47. The molecule has 0 spiro atoms. The molecule has 1 aromatic heterocycles. The predicted octanol–water partition coefficient (Wildman–Crippen LogP) is -0.0778. The van der Waals surface area contributed by atoms with E-state index in [1.54, 1.807) is 6.07 Å². The zero-order valence-corrected chi connectivity index (χ0v) is 22.6.